The monoisotopic (exact) mass is 609 g/mol. The van der Waals surface area contributed by atoms with E-state index in [-0.39, 0.29) is 36.3 Å². The van der Waals surface area contributed by atoms with Gasteiger partial charge in [0, 0.05) is 32.7 Å². The normalized spacial score (nSPS) is 20.9. The molecule has 1 fully saturated rings. The predicted molar refractivity (Wildman–Crippen MR) is 173 cm³/mol. The zero-order chi connectivity index (χ0) is 31.7. The molecule has 0 aromatic rings. The van der Waals surface area contributed by atoms with Gasteiger partial charge in [0.1, 0.15) is 26.2 Å². The smallest absolute Gasteiger partial charge is 0.306 e. The van der Waals surface area contributed by atoms with E-state index in [9.17, 15) is 9.59 Å². The molecular formula is C34H64BNO7. The van der Waals surface area contributed by atoms with Crippen molar-refractivity contribution in [2.24, 2.45) is 0 Å². The van der Waals surface area contributed by atoms with Gasteiger partial charge in [-0.2, -0.15) is 0 Å². The van der Waals surface area contributed by atoms with Crippen LogP contribution in [-0.2, 0) is 33.3 Å². The average Bonchev–Trinajstić information content (AvgIpc) is 3.25. The van der Waals surface area contributed by atoms with Gasteiger partial charge in [-0.3, -0.25) is 9.59 Å². The van der Waals surface area contributed by atoms with Gasteiger partial charge in [0.2, 0.25) is 0 Å². The fraction of sp³-hybridized carbons (Fsp3) is 0.941. The van der Waals surface area contributed by atoms with Crippen molar-refractivity contribution < 1.29 is 33.3 Å². The molecule has 5 unspecified atom stereocenters. The number of ether oxygens (including phenoxy) is 5. The highest BCUT2D eigenvalue weighted by atomic mass is 16.6. The molecule has 1 N–H and O–H groups in total. The SMILES string of the molecule is [B]C1OC(COC)C(OC(C)C)C1OCCCCCCNC(=O)C(C)OC(=O)CCCCCCCCCCCCCCC. The summed E-state index contributed by atoms with van der Waals surface area (Å²) in [5.74, 6) is -0.522. The lowest BCUT2D eigenvalue weighted by atomic mass is 9.92. The van der Waals surface area contributed by atoms with Crippen molar-refractivity contribution in [3.05, 3.63) is 0 Å². The van der Waals surface area contributed by atoms with Crippen LogP contribution in [-0.4, -0.2) is 83.1 Å². The molecule has 0 aromatic carbocycles. The van der Waals surface area contributed by atoms with Gasteiger partial charge in [-0.25, -0.2) is 0 Å². The molecule has 0 aliphatic carbocycles. The second-order valence-electron chi connectivity index (χ2n) is 12.4. The minimum absolute atomic E-state index is 0.0369. The molecule has 8 nitrogen and oxygen atoms in total. The van der Waals surface area contributed by atoms with Crippen LogP contribution in [0.4, 0.5) is 0 Å². The first-order chi connectivity index (χ1) is 20.8. The molecule has 5 atom stereocenters. The molecule has 0 aromatic heterocycles. The molecular weight excluding hydrogens is 545 g/mol. The minimum Gasteiger partial charge on any atom is -0.453 e. The molecule has 0 bridgehead atoms. The van der Waals surface area contributed by atoms with Gasteiger partial charge >= 0.3 is 5.97 Å². The Balaban J connectivity index is 2.00. The Morgan fingerprint density at radius 3 is 1.93 bits per heavy atom. The average molecular weight is 610 g/mol. The highest BCUT2D eigenvalue weighted by Crippen LogP contribution is 2.27. The van der Waals surface area contributed by atoms with Gasteiger partial charge in [-0.1, -0.05) is 96.8 Å². The summed E-state index contributed by atoms with van der Waals surface area (Å²) in [6, 6.07) is -0.537. The first kappa shape index (κ1) is 39.9. The van der Waals surface area contributed by atoms with Crippen LogP contribution in [0.15, 0.2) is 0 Å². The maximum atomic E-state index is 12.3. The van der Waals surface area contributed by atoms with Crippen LogP contribution in [0.25, 0.3) is 0 Å². The number of rotatable bonds is 28. The number of esters is 1. The lowest BCUT2D eigenvalue weighted by Gasteiger charge is -2.26. The predicted octanol–water partition coefficient (Wildman–Crippen LogP) is 6.79. The van der Waals surface area contributed by atoms with Crippen molar-refractivity contribution in [2.75, 3.05) is 26.9 Å². The summed E-state index contributed by atoms with van der Waals surface area (Å²) in [5.41, 5.74) is 0. The van der Waals surface area contributed by atoms with Crippen molar-refractivity contribution in [1.29, 1.82) is 0 Å². The third kappa shape index (κ3) is 19.8. The summed E-state index contributed by atoms with van der Waals surface area (Å²) in [5, 5.41) is 2.88. The first-order valence-corrected chi connectivity index (χ1v) is 17.4. The van der Waals surface area contributed by atoms with Crippen molar-refractivity contribution in [1.82, 2.24) is 5.32 Å². The summed E-state index contributed by atoms with van der Waals surface area (Å²) in [6.07, 6.45) is 19.0. The van der Waals surface area contributed by atoms with Crippen molar-refractivity contribution in [3.8, 4) is 0 Å². The summed E-state index contributed by atoms with van der Waals surface area (Å²) < 4.78 is 28.4. The number of amides is 1. The van der Waals surface area contributed by atoms with Gasteiger partial charge in [0.25, 0.3) is 5.91 Å². The molecule has 1 aliphatic heterocycles. The maximum Gasteiger partial charge on any atom is 0.306 e. The maximum absolute atomic E-state index is 12.3. The Bertz CT molecular complexity index is 696. The lowest BCUT2D eigenvalue weighted by molar-refractivity contribution is -0.154. The molecule has 1 amide bonds. The molecule has 250 valence electrons. The molecule has 2 radical (unpaired) electrons. The number of nitrogens with one attached hydrogen (secondary N) is 1. The summed E-state index contributed by atoms with van der Waals surface area (Å²) in [7, 11) is 7.78. The van der Waals surface area contributed by atoms with Gasteiger partial charge < -0.3 is 29.0 Å². The Kier molecular flexibility index (Phi) is 24.2. The quantitative estimate of drug-likeness (QED) is 0.0593. The second kappa shape index (κ2) is 26.1. The van der Waals surface area contributed by atoms with Crippen LogP contribution < -0.4 is 5.32 Å². The van der Waals surface area contributed by atoms with Gasteiger partial charge in [0.05, 0.1) is 12.7 Å². The van der Waals surface area contributed by atoms with E-state index >= 15 is 0 Å². The molecule has 1 saturated heterocycles. The summed E-state index contributed by atoms with van der Waals surface area (Å²) in [6.45, 7) is 9.40. The van der Waals surface area contributed by atoms with Crippen molar-refractivity contribution >= 4 is 19.7 Å². The Morgan fingerprint density at radius 1 is 0.791 bits per heavy atom. The number of carbonyl (C=O) groups is 2. The van der Waals surface area contributed by atoms with E-state index in [0.717, 1.165) is 44.9 Å². The highest BCUT2D eigenvalue weighted by molar-refractivity contribution is 6.11. The topological polar surface area (TPSA) is 92.3 Å². The standard InChI is InChI=1S/C34H64BNO7/c1-6-7-8-9-10-11-12-13-14-15-16-17-20-23-30(37)42-28(4)34(38)36-24-21-18-19-22-25-40-32-31(41-27(2)3)29(26-39-5)43-33(32)35/h27-29,31-33H,6-26H2,1-5H3,(H,36,38). The second-order valence-corrected chi connectivity index (χ2v) is 12.4. The largest absolute Gasteiger partial charge is 0.453 e. The number of unbranched alkanes of at least 4 members (excludes halogenated alkanes) is 15. The third-order valence-electron chi connectivity index (χ3n) is 7.95. The Labute approximate surface area is 264 Å². The number of hydrogen-bond acceptors (Lipinski definition) is 7. The van der Waals surface area contributed by atoms with Crippen molar-refractivity contribution in [3.63, 3.8) is 0 Å². The minimum atomic E-state index is -0.761. The third-order valence-corrected chi connectivity index (χ3v) is 7.95. The Morgan fingerprint density at radius 2 is 1.35 bits per heavy atom. The summed E-state index contributed by atoms with van der Waals surface area (Å²) in [4.78, 5) is 24.4. The molecule has 1 heterocycles. The van der Waals surface area contributed by atoms with Gasteiger partial charge in [-0.15, -0.1) is 0 Å². The molecule has 0 spiro atoms. The van der Waals surface area contributed by atoms with E-state index < -0.39 is 12.1 Å². The fourth-order valence-corrected chi connectivity index (χ4v) is 5.47. The van der Waals surface area contributed by atoms with E-state index in [2.05, 4.69) is 12.2 Å². The van der Waals surface area contributed by atoms with E-state index in [4.69, 9.17) is 31.5 Å². The first-order valence-electron chi connectivity index (χ1n) is 17.4. The molecule has 1 aliphatic rings. The number of methoxy groups -OCH3 is 1. The zero-order valence-electron chi connectivity index (χ0n) is 28.2. The summed E-state index contributed by atoms with van der Waals surface area (Å²) >= 11 is 0. The molecule has 9 heteroatoms. The van der Waals surface area contributed by atoms with Gasteiger partial charge in [-0.05, 0) is 40.0 Å². The van der Waals surface area contributed by atoms with Crippen molar-refractivity contribution in [2.45, 2.75) is 180 Å². The molecule has 1 rings (SSSR count). The van der Waals surface area contributed by atoms with Crippen LogP contribution in [0.3, 0.4) is 0 Å². The van der Waals surface area contributed by atoms with Crippen LogP contribution in [0, 0.1) is 0 Å². The highest BCUT2D eigenvalue weighted by Gasteiger charge is 2.43. The van der Waals surface area contributed by atoms with E-state index in [1.807, 2.05) is 13.8 Å². The van der Waals surface area contributed by atoms with Gasteiger partial charge in [0.15, 0.2) is 6.10 Å². The number of hydrogen-bond donors (Lipinski definition) is 1. The van der Waals surface area contributed by atoms with Crippen LogP contribution in [0.2, 0.25) is 0 Å². The van der Waals surface area contributed by atoms with E-state index in [1.54, 1.807) is 14.0 Å². The zero-order valence-corrected chi connectivity index (χ0v) is 28.2. The van der Waals surface area contributed by atoms with Crippen LogP contribution >= 0.6 is 0 Å². The molecule has 0 saturated carbocycles. The lowest BCUT2D eigenvalue weighted by Crippen LogP contribution is -2.40. The fourth-order valence-electron chi connectivity index (χ4n) is 5.47. The molecule has 43 heavy (non-hydrogen) atoms. The van der Waals surface area contributed by atoms with E-state index in [1.165, 1.54) is 64.2 Å². The van der Waals surface area contributed by atoms with Crippen LogP contribution in [0.5, 0.6) is 0 Å². The Hall–Kier alpha value is -1.16. The van der Waals surface area contributed by atoms with Crippen LogP contribution in [0.1, 0.15) is 143 Å². The number of carbonyl (C=O) groups excluding carboxylic acids is 2. The van der Waals surface area contributed by atoms with E-state index in [0.29, 0.717) is 26.2 Å².